The molecule has 19 heavy (non-hydrogen) atoms. The van der Waals surface area contributed by atoms with Crippen molar-refractivity contribution in [1.29, 1.82) is 0 Å². The van der Waals surface area contributed by atoms with Gasteiger partial charge >= 0.3 is 5.97 Å². The summed E-state index contributed by atoms with van der Waals surface area (Å²) in [5.74, 6) is 0.458. The summed E-state index contributed by atoms with van der Waals surface area (Å²) in [6.07, 6.45) is 5.50. The first kappa shape index (κ1) is 16.3. The number of amides is 1. The number of rotatable bonds is 7. The zero-order valence-corrected chi connectivity index (χ0v) is 12.3. The Balaban J connectivity index is 2.40. The molecule has 0 spiro atoms. The number of carboxylic acid groups (broad SMARTS) is 1. The Morgan fingerprint density at radius 2 is 2.26 bits per heavy atom. The summed E-state index contributed by atoms with van der Waals surface area (Å²) in [6, 6.07) is -0.411. The van der Waals surface area contributed by atoms with Crippen molar-refractivity contribution in [2.45, 2.75) is 38.1 Å². The van der Waals surface area contributed by atoms with Gasteiger partial charge in [-0.2, -0.15) is 11.8 Å². The van der Waals surface area contributed by atoms with Gasteiger partial charge in [-0.1, -0.05) is 0 Å². The second-order valence-corrected chi connectivity index (χ2v) is 6.10. The lowest BCUT2D eigenvalue weighted by atomic mass is 9.93. The zero-order valence-electron chi connectivity index (χ0n) is 11.5. The molecule has 1 saturated heterocycles. The van der Waals surface area contributed by atoms with E-state index in [2.05, 4.69) is 0 Å². The Morgan fingerprint density at radius 1 is 1.53 bits per heavy atom. The van der Waals surface area contributed by atoms with Gasteiger partial charge in [0, 0.05) is 19.5 Å². The fraction of sp³-hybridized carbons (Fsp3) is 0.846. The van der Waals surface area contributed by atoms with Gasteiger partial charge in [-0.15, -0.1) is 0 Å². The highest BCUT2D eigenvalue weighted by molar-refractivity contribution is 7.98. The fourth-order valence-electron chi connectivity index (χ4n) is 2.43. The monoisotopic (exact) mass is 288 g/mol. The summed E-state index contributed by atoms with van der Waals surface area (Å²) < 4.78 is 0. The van der Waals surface area contributed by atoms with Crippen LogP contribution in [0.15, 0.2) is 0 Å². The second kappa shape index (κ2) is 8.43. The fourth-order valence-corrected chi connectivity index (χ4v) is 2.92. The predicted molar refractivity (Wildman–Crippen MR) is 77.1 cm³/mol. The number of likely N-dealkylation sites (tertiary alicyclic amines) is 1. The minimum Gasteiger partial charge on any atom is -0.481 e. The molecule has 0 aromatic heterocycles. The number of aliphatic carboxylic acids is 1. The van der Waals surface area contributed by atoms with Crippen LogP contribution in [0.4, 0.5) is 0 Å². The molecule has 2 atom stereocenters. The van der Waals surface area contributed by atoms with Crippen molar-refractivity contribution < 1.29 is 14.7 Å². The highest BCUT2D eigenvalue weighted by Gasteiger charge is 2.26. The molecule has 0 aromatic rings. The summed E-state index contributed by atoms with van der Waals surface area (Å²) in [6.45, 7) is 1.43. The quantitative estimate of drug-likeness (QED) is 0.734. The van der Waals surface area contributed by atoms with Crippen molar-refractivity contribution in [2.75, 3.05) is 25.1 Å². The molecule has 1 amide bonds. The van der Waals surface area contributed by atoms with Crippen LogP contribution < -0.4 is 5.73 Å². The number of carbonyl (C=O) groups excluding carboxylic acids is 1. The largest absolute Gasteiger partial charge is 0.481 e. The predicted octanol–water partition coefficient (Wildman–Crippen LogP) is 1.17. The summed E-state index contributed by atoms with van der Waals surface area (Å²) in [5, 5.41) is 8.70. The third-order valence-corrected chi connectivity index (χ3v) is 4.19. The first-order chi connectivity index (χ1) is 9.04. The van der Waals surface area contributed by atoms with Gasteiger partial charge in [0.05, 0.1) is 6.04 Å². The van der Waals surface area contributed by atoms with Crippen LogP contribution in [0.2, 0.25) is 0 Å². The highest BCUT2D eigenvalue weighted by atomic mass is 32.2. The first-order valence-corrected chi connectivity index (χ1v) is 8.19. The van der Waals surface area contributed by atoms with Gasteiger partial charge in [-0.05, 0) is 43.6 Å². The molecule has 5 nitrogen and oxygen atoms in total. The van der Waals surface area contributed by atoms with Gasteiger partial charge in [0.1, 0.15) is 0 Å². The summed E-state index contributed by atoms with van der Waals surface area (Å²) in [5.41, 5.74) is 5.90. The number of carboxylic acids is 1. The van der Waals surface area contributed by atoms with Crippen LogP contribution in [-0.4, -0.2) is 53.0 Å². The van der Waals surface area contributed by atoms with E-state index in [-0.39, 0.29) is 12.3 Å². The molecule has 0 aromatic carbocycles. The number of nitrogens with zero attached hydrogens (tertiary/aromatic N) is 1. The van der Waals surface area contributed by atoms with Crippen molar-refractivity contribution in [1.82, 2.24) is 4.90 Å². The molecule has 0 bridgehead atoms. The SMILES string of the molecule is CSCC[C@@H](N)C(=O)N1CCCC(CCC(=O)O)C1. The topological polar surface area (TPSA) is 83.6 Å². The zero-order chi connectivity index (χ0) is 14.3. The molecular weight excluding hydrogens is 264 g/mol. The number of carbonyl (C=O) groups is 2. The molecule has 0 aliphatic carbocycles. The number of nitrogens with two attached hydrogens (primary N) is 1. The van der Waals surface area contributed by atoms with Crippen LogP contribution in [0.5, 0.6) is 0 Å². The number of piperidine rings is 1. The van der Waals surface area contributed by atoms with E-state index in [1.807, 2.05) is 11.2 Å². The molecule has 1 aliphatic heterocycles. The average Bonchev–Trinajstić information content (AvgIpc) is 2.42. The average molecular weight is 288 g/mol. The van der Waals surface area contributed by atoms with Crippen molar-refractivity contribution in [3.05, 3.63) is 0 Å². The van der Waals surface area contributed by atoms with Crippen molar-refractivity contribution in [3.63, 3.8) is 0 Å². The Morgan fingerprint density at radius 3 is 2.89 bits per heavy atom. The highest BCUT2D eigenvalue weighted by Crippen LogP contribution is 2.21. The van der Waals surface area contributed by atoms with Crippen LogP contribution in [0, 0.1) is 5.92 Å². The maximum Gasteiger partial charge on any atom is 0.303 e. The van der Waals surface area contributed by atoms with Gasteiger partial charge in [-0.3, -0.25) is 9.59 Å². The van der Waals surface area contributed by atoms with Gasteiger partial charge in [0.15, 0.2) is 0 Å². The molecule has 0 radical (unpaired) electrons. The molecule has 6 heteroatoms. The first-order valence-electron chi connectivity index (χ1n) is 6.79. The van der Waals surface area contributed by atoms with Gasteiger partial charge in [0.25, 0.3) is 0 Å². The van der Waals surface area contributed by atoms with Crippen LogP contribution >= 0.6 is 11.8 Å². The molecule has 1 heterocycles. The Bertz CT molecular complexity index is 312. The van der Waals surface area contributed by atoms with E-state index < -0.39 is 12.0 Å². The molecule has 1 rings (SSSR count). The van der Waals surface area contributed by atoms with Crippen molar-refractivity contribution in [2.24, 2.45) is 11.7 Å². The second-order valence-electron chi connectivity index (χ2n) is 5.11. The number of thioether (sulfide) groups is 1. The van der Waals surface area contributed by atoms with E-state index in [4.69, 9.17) is 10.8 Å². The molecule has 0 saturated carbocycles. The third-order valence-electron chi connectivity index (χ3n) is 3.55. The normalized spacial score (nSPS) is 21.2. The lowest BCUT2D eigenvalue weighted by Crippen LogP contribution is -2.48. The Hall–Kier alpha value is -0.750. The van der Waals surface area contributed by atoms with Crippen LogP contribution in [0.25, 0.3) is 0 Å². The molecule has 1 aliphatic rings. The molecule has 110 valence electrons. The van der Waals surface area contributed by atoms with Gasteiger partial charge < -0.3 is 15.7 Å². The van der Waals surface area contributed by atoms with E-state index in [0.717, 1.165) is 25.1 Å². The smallest absolute Gasteiger partial charge is 0.303 e. The molecule has 3 N–H and O–H groups in total. The standard InChI is InChI=1S/C13H24N2O3S/c1-19-8-6-11(14)13(18)15-7-2-3-10(9-15)4-5-12(16)17/h10-11H,2-9,14H2,1H3,(H,16,17)/t10?,11-/m1/s1. The van der Waals surface area contributed by atoms with Crippen molar-refractivity contribution >= 4 is 23.6 Å². The summed E-state index contributed by atoms with van der Waals surface area (Å²) >= 11 is 1.69. The Kier molecular flexibility index (Phi) is 7.23. The van der Waals surface area contributed by atoms with Crippen LogP contribution in [0.3, 0.4) is 0 Å². The van der Waals surface area contributed by atoms with E-state index in [9.17, 15) is 9.59 Å². The van der Waals surface area contributed by atoms with Crippen molar-refractivity contribution in [3.8, 4) is 0 Å². The summed E-state index contributed by atoms with van der Waals surface area (Å²) in [4.78, 5) is 24.6. The van der Waals surface area contributed by atoms with E-state index in [0.29, 0.717) is 25.3 Å². The number of hydrogen-bond acceptors (Lipinski definition) is 4. The summed E-state index contributed by atoms with van der Waals surface area (Å²) in [7, 11) is 0. The molecule has 1 unspecified atom stereocenters. The lowest BCUT2D eigenvalue weighted by Gasteiger charge is -2.34. The maximum absolute atomic E-state index is 12.2. The van der Waals surface area contributed by atoms with Crippen LogP contribution in [0.1, 0.15) is 32.1 Å². The number of hydrogen-bond donors (Lipinski definition) is 2. The minimum absolute atomic E-state index is 0.0223. The molecular formula is C13H24N2O3S. The van der Waals surface area contributed by atoms with Gasteiger partial charge in [-0.25, -0.2) is 0 Å². The van der Waals surface area contributed by atoms with E-state index in [1.165, 1.54) is 0 Å². The van der Waals surface area contributed by atoms with Gasteiger partial charge in [0.2, 0.25) is 5.91 Å². The third kappa shape index (κ3) is 5.82. The van der Waals surface area contributed by atoms with E-state index >= 15 is 0 Å². The molecule has 1 fully saturated rings. The van der Waals surface area contributed by atoms with Crippen LogP contribution in [-0.2, 0) is 9.59 Å². The lowest BCUT2D eigenvalue weighted by molar-refractivity contribution is -0.137. The maximum atomic E-state index is 12.2. The van der Waals surface area contributed by atoms with E-state index in [1.54, 1.807) is 11.8 Å². The minimum atomic E-state index is -0.764. The Labute approximate surface area is 118 Å².